The van der Waals surface area contributed by atoms with Crippen LogP contribution >= 0.6 is 11.8 Å². The smallest absolute Gasteiger partial charge is 0.286 e. The number of amides is 2. The minimum atomic E-state index is -0.646. The number of carbonyl (C=O) groups excluding carboxylic acids is 2. The summed E-state index contributed by atoms with van der Waals surface area (Å²) >= 11 is 1.03. The highest BCUT2D eigenvalue weighted by atomic mass is 32.2. The van der Waals surface area contributed by atoms with Gasteiger partial charge in [0, 0.05) is 13.1 Å². The van der Waals surface area contributed by atoms with Crippen molar-refractivity contribution in [2.24, 2.45) is 0 Å². The first kappa shape index (κ1) is 24.8. The van der Waals surface area contributed by atoms with Gasteiger partial charge in [-0.05, 0) is 47.4 Å². The summed E-state index contributed by atoms with van der Waals surface area (Å²) in [5.41, 5.74) is 3.15. The van der Waals surface area contributed by atoms with E-state index in [0.717, 1.165) is 40.0 Å². The number of carbonyl (C=O) groups is 2. The van der Waals surface area contributed by atoms with Crippen LogP contribution in [0.4, 0.5) is 4.79 Å². The van der Waals surface area contributed by atoms with E-state index in [2.05, 4.69) is 10.6 Å². The zero-order valence-electron chi connectivity index (χ0n) is 19.2. The van der Waals surface area contributed by atoms with Gasteiger partial charge < -0.3 is 19.9 Å². The Morgan fingerprint density at radius 1 is 0.914 bits per heavy atom. The molecular formula is C27H28N2O5S. The number of imide groups is 1. The lowest BCUT2D eigenvalue weighted by molar-refractivity contribution is -0.118. The van der Waals surface area contributed by atoms with Crippen molar-refractivity contribution in [1.29, 1.82) is 0 Å². The van der Waals surface area contributed by atoms with Gasteiger partial charge >= 0.3 is 0 Å². The van der Waals surface area contributed by atoms with Crippen molar-refractivity contribution in [2.75, 3.05) is 26.3 Å². The van der Waals surface area contributed by atoms with E-state index in [1.54, 1.807) is 0 Å². The van der Waals surface area contributed by atoms with Crippen molar-refractivity contribution in [3.05, 3.63) is 84.4 Å². The van der Waals surface area contributed by atoms with Crippen LogP contribution in [0.15, 0.2) is 78.9 Å². The molecule has 0 saturated carbocycles. The zero-order valence-corrected chi connectivity index (χ0v) is 20.0. The van der Waals surface area contributed by atoms with Gasteiger partial charge in [0.1, 0.15) is 30.8 Å². The van der Waals surface area contributed by atoms with Crippen molar-refractivity contribution >= 4 is 22.9 Å². The summed E-state index contributed by atoms with van der Waals surface area (Å²) in [4.78, 5) is 22.9. The van der Waals surface area contributed by atoms with Crippen LogP contribution in [0.3, 0.4) is 0 Å². The first-order valence-corrected chi connectivity index (χ1v) is 12.3. The van der Waals surface area contributed by atoms with Gasteiger partial charge in [-0.2, -0.15) is 0 Å². The van der Waals surface area contributed by atoms with Crippen LogP contribution in [0.2, 0.25) is 0 Å². The average molecular weight is 493 g/mol. The molecule has 8 heteroatoms. The van der Waals surface area contributed by atoms with E-state index < -0.39 is 6.10 Å². The molecular weight excluding hydrogens is 464 g/mol. The molecule has 3 N–H and O–H groups in total. The third-order valence-corrected chi connectivity index (χ3v) is 6.40. The van der Waals surface area contributed by atoms with Crippen LogP contribution in [-0.4, -0.2) is 53.9 Å². The Kier molecular flexibility index (Phi) is 8.78. The molecule has 3 aromatic carbocycles. The maximum Gasteiger partial charge on any atom is 0.286 e. The summed E-state index contributed by atoms with van der Waals surface area (Å²) in [5.74, 6) is 1.20. The predicted octanol–water partition coefficient (Wildman–Crippen LogP) is 3.66. The number of benzene rings is 3. The number of rotatable bonds is 12. The molecule has 182 valence electrons. The normalized spacial score (nSPS) is 16.1. The predicted molar refractivity (Wildman–Crippen MR) is 137 cm³/mol. The quantitative estimate of drug-likeness (QED) is 0.332. The Hall–Kier alpha value is -3.33. The monoisotopic (exact) mass is 492 g/mol. The van der Waals surface area contributed by atoms with Gasteiger partial charge in [-0.25, -0.2) is 0 Å². The molecule has 0 bridgehead atoms. The SMILES string of the molecule is O=C1NC(=O)C(Cc2ccc(OCCNCC(O)COc3cccc(-c4ccccc4)c3)cc2)S1. The maximum atomic E-state index is 11.7. The molecule has 1 heterocycles. The van der Waals surface area contributed by atoms with Gasteiger partial charge in [0.2, 0.25) is 5.91 Å². The molecule has 1 saturated heterocycles. The average Bonchev–Trinajstić information content (AvgIpc) is 3.20. The molecule has 0 aromatic heterocycles. The highest BCUT2D eigenvalue weighted by Crippen LogP contribution is 2.24. The van der Waals surface area contributed by atoms with E-state index >= 15 is 0 Å². The Labute approximate surface area is 208 Å². The van der Waals surface area contributed by atoms with Crippen LogP contribution in [0.25, 0.3) is 11.1 Å². The molecule has 2 amide bonds. The molecule has 7 nitrogen and oxygen atoms in total. The van der Waals surface area contributed by atoms with Crippen molar-refractivity contribution in [3.63, 3.8) is 0 Å². The highest BCUT2D eigenvalue weighted by molar-refractivity contribution is 8.15. The van der Waals surface area contributed by atoms with Crippen molar-refractivity contribution in [3.8, 4) is 22.6 Å². The molecule has 0 aliphatic carbocycles. The lowest BCUT2D eigenvalue weighted by atomic mass is 10.1. The molecule has 1 aliphatic heterocycles. The van der Waals surface area contributed by atoms with Crippen LogP contribution in [-0.2, 0) is 11.2 Å². The van der Waals surface area contributed by atoms with Crippen molar-refractivity contribution < 1.29 is 24.2 Å². The van der Waals surface area contributed by atoms with Gasteiger partial charge in [0.05, 0.1) is 5.25 Å². The standard InChI is InChI=1S/C27H28N2O5S/c30-22(18-34-24-8-4-7-21(16-24)20-5-2-1-3-6-20)17-28-13-14-33-23-11-9-19(10-12-23)15-25-26(31)29-27(32)35-25/h1-12,16,22,25,28,30H,13-15,17-18H2,(H,29,31,32). The van der Waals surface area contributed by atoms with E-state index in [1.807, 2.05) is 78.9 Å². The number of aliphatic hydroxyl groups is 1. The molecule has 2 unspecified atom stereocenters. The van der Waals surface area contributed by atoms with Crippen LogP contribution in [0, 0.1) is 0 Å². The number of thioether (sulfide) groups is 1. The molecule has 1 aliphatic rings. The first-order chi connectivity index (χ1) is 17.1. The Morgan fingerprint density at radius 2 is 1.69 bits per heavy atom. The lowest BCUT2D eigenvalue weighted by Gasteiger charge is -2.14. The fraction of sp³-hybridized carbons (Fsp3) is 0.259. The summed E-state index contributed by atoms with van der Waals surface area (Å²) in [6.07, 6.45) is -0.146. The van der Waals surface area contributed by atoms with Crippen LogP contribution < -0.4 is 20.1 Å². The van der Waals surface area contributed by atoms with Gasteiger partial charge in [-0.1, -0.05) is 66.4 Å². The first-order valence-electron chi connectivity index (χ1n) is 11.5. The van der Waals surface area contributed by atoms with Crippen molar-refractivity contribution in [2.45, 2.75) is 17.8 Å². The summed E-state index contributed by atoms with van der Waals surface area (Å²) in [6.45, 7) is 1.60. The maximum absolute atomic E-state index is 11.7. The summed E-state index contributed by atoms with van der Waals surface area (Å²) in [6, 6.07) is 25.4. The summed E-state index contributed by atoms with van der Waals surface area (Å²) < 4.78 is 11.5. The minimum Gasteiger partial charge on any atom is -0.492 e. The number of nitrogens with one attached hydrogen (secondary N) is 2. The second-order valence-electron chi connectivity index (χ2n) is 8.14. The molecule has 35 heavy (non-hydrogen) atoms. The fourth-order valence-electron chi connectivity index (χ4n) is 3.62. The molecule has 0 radical (unpaired) electrons. The van der Waals surface area contributed by atoms with E-state index in [0.29, 0.717) is 26.1 Å². The second-order valence-corrected chi connectivity index (χ2v) is 9.32. The van der Waals surface area contributed by atoms with Gasteiger partial charge in [-0.3, -0.25) is 14.9 Å². The number of ether oxygens (including phenoxy) is 2. The van der Waals surface area contributed by atoms with E-state index in [4.69, 9.17) is 9.47 Å². The zero-order chi connectivity index (χ0) is 24.5. The third kappa shape index (κ3) is 7.58. The lowest BCUT2D eigenvalue weighted by Crippen LogP contribution is -2.33. The van der Waals surface area contributed by atoms with Crippen LogP contribution in [0.1, 0.15) is 5.56 Å². The Bertz CT molecular complexity index is 1120. The Morgan fingerprint density at radius 3 is 2.43 bits per heavy atom. The number of hydrogen-bond donors (Lipinski definition) is 3. The van der Waals surface area contributed by atoms with Crippen molar-refractivity contribution in [1.82, 2.24) is 10.6 Å². The molecule has 3 aromatic rings. The second kappa shape index (κ2) is 12.4. The van der Waals surface area contributed by atoms with Gasteiger partial charge in [0.25, 0.3) is 5.24 Å². The fourth-order valence-corrected chi connectivity index (χ4v) is 4.48. The summed E-state index contributed by atoms with van der Waals surface area (Å²) in [5, 5.41) is 15.0. The van der Waals surface area contributed by atoms with E-state index in [1.165, 1.54) is 0 Å². The molecule has 1 fully saturated rings. The van der Waals surface area contributed by atoms with Gasteiger partial charge in [-0.15, -0.1) is 0 Å². The molecule has 4 rings (SSSR count). The third-order valence-electron chi connectivity index (χ3n) is 5.42. The Balaban J connectivity index is 1.11. The number of hydrogen-bond acceptors (Lipinski definition) is 7. The largest absolute Gasteiger partial charge is 0.492 e. The summed E-state index contributed by atoms with van der Waals surface area (Å²) in [7, 11) is 0. The van der Waals surface area contributed by atoms with Crippen LogP contribution in [0.5, 0.6) is 11.5 Å². The molecule has 2 atom stereocenters. The topological polar surface area (TPSA) is 96.9 Å². The van der Waals surface area contributed by atoms with E-state index in [-0.39, 0.29) is 23.0 Å². The minimum absolute atomic E-state index is 0.191. The molecule has 0 spiro atoms. The number of aliphatic hydroxyl groups excluding tert-OH is 1. The van der Waals surface area contributed by atoms with E-state index in [9.17, 15) is 14.7 Å². The van der Waals surface area contributed by atoms with Gasteiger partial charge in [0.15, 0.2) is 0 Å². The highest BCUT2D eigenvalue weighted by Gasteiger charge is 2.31.